The molecule has 36 heavy (non-hydrogen) atoms. The van der Waals surface area contributed by atoms with Crippen molar-refractivity contribution < 1.29 is 33.3 Å². The predicted molar refractivity (Wildman–Crippen MR) is 133 cm³/mol. The smallest absolute Gasteiger partial charge is 0.496 e. The number of benzene rings is 1. The lowest BCUT2D eigenvalue weighted by molar-refractivity contribution is -0.135. The van der Waals surface area contributed by atoms with Gasteiger partial charge in [0.2, 0.25) is 5.91 Å². The molecule has 0 aromatic heterocycles. The fourth-order valence-corrected chi connectivity index (χ4v) is 4.66. The summed E-state index contributed by atoms with van der Waals surface area (Å²) in [7, 11) is 3.05. The van der Waals surface area contributed by atoms with E-state index in [0.717, 1.165) is 0 Å². The molecule has 3 N–H and O–H groups in total. The average Bonchev–Trinajstić information content (AvgIpc) is 2.86. The molecule has 12 heteroatoms. The Morgan fingerprint density at radius 3 is 2.50 bits per heavy atom. The zero-order valence-electron chi connectivity index (χ0n) is 21.0. The number of ether oxygens (including phenoxy) is 4. The number of nitrogen functional groups attached to an aromatic ring is 1. The second-order valence-electron chi connectivity index (χ2n) is 8.83. The van der Waals surface area contributed by atoms with Crippen molar-refractivity contribution >= 4 is 35.3 Å². The number of likely N-dealkylation sites (tertiary alicyclic amines) is 2. The number of nitrogens with zero attached hydrogens (tertiary/aromatic N) is 2. The molecule has 2 amide bonds. The lowest BCUT2D eigenvalue weighted by atomic mass is 10.0. The standard InChI is InChI=1S/C24H35ClN4O7/c1-4-35-24(32)36-15-5-9-29(10-6-15)22(30)14-28-8-7-19(21(13-28)34-3)27-23(31)16-11-17(25)18(26)12-20(16)33-2/h11-12,15,19,21H,4-10,13-14,26H2,1-3H3,(H,27,31)/t19-,21+/m1/s1. The Labute approximate surface area is 216 Å². The molecule has 2 fully saturated rings. The number of carbonyl (C=O) groups is 3. The molecule has 2 aliphatic heterocycles. The number of hydrogen-bond acceptors (Lipinski definition) is 9. The van der Waals surface area contributed by atoms with E-state index in [1.807, 2.05) is 4.90 Å². The number of nitrogens with two attached hydrogens (primary N) is 1. The summed E-state index contributed by atoms with van der Waals surface area (Å²) >= 11 is 6.10. The number of nitrogens with one attached hydrogen (secondary N) is 1. The Balaban J connectivity index is 1.50. The summed E-state index contributed by atoms with van der Waals surface area (Å²) in [5.41, 5.74) is 6.43. The molecule has 200 valence electrons. The first kappa shape index (κ1) is 27.8. The van der Waals surface area contributed by atoms with Gasteiger partial charge >= 0.3 is 6.16 Å². The quantitative estimate of drug-likeness (QED) is 0.385. The number of piperidine rings is 2. The molecule has 0 saturated carbocycles. The maximum atomic E-state index is 13.0. The van der Waals surface area contributed by atoms with Crippen LogP contribution in [0.3, 0.4) is 0 Å². The van der Waals surface area contributed by atoms with Gasteiger partial charge in [0, 0.05) is 52.2 Å². The Kier molecular flexibility index (Phi) is 10.0. The van der Waals surface area contributed by atoms with E-state index < -0.39 is 6.16 Å². The van der Waals surface area contributed by atoms with E-state index in [9.17, 15) is 14.4 Å². The van der Waals surface area contributed by atoms with Gasteiger partial charge in [-0.1, -0.05) is 11.6 Å². The van der Waals surface area contributed by atoms with Crippen LogP contribution in [0.25, 0.3) is 0 Å². The van der Waals surface area contributed by atoms with Gasteiger partial charge in [0.1, 0.15) is 11.9 Å². The number of rotatable bonds is 8. The van der Waals surface area contributed by atoms with E-state index in [1.165, 1.54) is 19.2 Å². The van der Waals surface area contributed by atoms with Crippen molar-refractivity contribution in [2.45, 2.75) is 44.4 Å². The number of hydrogen-bond donors (Lipinski definition) is 2. The number of carbonyl (C=O) groups excluding carboxylic acids is 3. The zero-order valence-corrected chi connectivity index (χ0v) is 21.7. The molecule has 0 bridgehead atoms. The number of methoxy groups -OCH3 is 2. The molecule has 2 aliphatic rings. The summed E-state index contributed by atoms with van der Waals surface area (Å²) in [5.74, 6) is 0.0178. The van der Waals surface area contributed by atoms with E-state index in [2.05, 4.69) is 5.32 Å². The summed E-state index contributed by atoms with van der Waals surface area (Å²) in [5, 5.41) is 3.28. The fraction of sp³-hybridized carbons (Fsp3) is 0.625. The topological polar surface area (TPSA) is 133 Å². The molecule has 0 aliphatic carbocycles. The predicted octanol–water partition coefficient (Wildman–Crippen LogP) is 1.91. The molecule has 0 radical (unpaired) electrons. The zero-order chi connectivity index (χ0) is 26.2. The minimum atomic E-state index is -0.666. The van der Waals surface area contributed by atoms with Gasteiger partial charge in [0.05, 0.1) is 48.7 Å². The van der Waals surface area contributed by atoms with E-state index in [0.29, 0.717) is 62.4 Å². The number of halogens is 1. The van der Waals surface area contributed by atoms with Crippen molar-refractivity contribution in [2.24, 2.45) is 0 Å². The van der Waals surface area contributed by atoms with Crippen LogP contribution < -0.4 is 15.8 Å². The van der Waals surface area contributed by atoms with E-state index in [4.69, 9.17) is 36.3 Å². The maximum Gasteiger partial charge on any atom is 0.508 e. The van der Waals surface area contributed by atoms with E-state index >= 15 is 0 Å². The highest BCUT2D eigenvalue weighted by molar-refractivity contribution is 6.33. The SMILES string of the molecule is CCOC(=O)OC1CCN(C(=O)CN2CC[C@@H](NC(=O)c3cc(Cl)c(N)cc3OC)[C@@H](OC)C2)CC1. The largest absolute Gasteiger partial charge is 0.508 e. The lowest BCUT2D eigenvalue weighted by Crippen LogP contribution is -2.56. The van der Waals surface area contributed by atoms with Gasteiger partial charge in [-0.3, -0.25) is 14.5 Å². The highest BCUT2D eigenvalue weighted by Gasteiger charge is 2.33. The first-order valence-corrected chi connectivity index (χ1v) is 12.4. The molecule has 0 spiro atoms. The van der Waals surface area contributed by atoms with Gasteiger partial charge in [-0.2, -0.15) is 0 Å². The fourth-order valence-electron chi connectivity index (χ4n) is 4.49. The second-order valence-corrected chi connectivity index (χ2v) is 9.24. The summed E-state index contributed by atoms with van der Waals surface area (Å²) in [6.45, 7) is 4.41. The third-order valence-corrected chi connectivity index (χ3v) is 6.83. The maximum absolute atomic E-state index is 13.0. The van der Waals surface area contributed by atoms with Gasteiger partial charge in [0.15, 0.2) is 0 Å². The summed E-state index contributed by atoms with van der Waals surface area (Å²) < 4.78 is 21.0. The first-order chi connectivity index (χ1) is 17.2. The third kappa shape index (κ3) is 7.14. The van der Waals surface area contributed by atoms with Crippen molar-refractivity contribution in [3.05, 3.63) is 22.7 Å². The molecule has 1 aromatic carbocycles. The second kappa shape index (κ2) is 13.0. The molecule has 2 atom stereocenters. The molecule has 2 heterocycles. The molecule has 11 nitrogen and oxygen atoms in total. The van der Waals surface area contributed by atoms with Gasteiger partial charge in [-0.05, 0) is 19.4 Å². The highest BCUT2D eigenvalue weighted by atomic mass is 35.5. The number of amides is 2. The van der Waals surface area contributed by atoms with Crippen LogP contribution in [0.1, 0.15) is 36.5 Å². The number of anilines is 1. The van der Waals surface area contributed by atoms with Crippen molar-refractivity contribution in [3.8, 4) is 5.75 Å². The van der Waals surface area contributed by atoms with Crippen LogP contribution in [0, 0.1) is 0 Å². The third-order valence-electron chi connectivity index (χ3n) is 6.50. The van der Waals surface area contributed by atoms with Crippen LogP contribution in [0.15, 0.2) is 12.1 Å². The van der Waals surface area contributed by atoms with Crippen LogP contribution in [0.2, 0.25) is 5.02 Å². The normalized spacial score (nSPS) is 21.1. The van der Waals surface area contributed by atoms with Crippen LogP contribution in [-0.4, -0.2) is 99.6 Å². The lowest BCUT2D eigenvalue weighted by Gasteiger charge is -2.39. The van der Waals surface area contributed by atoms with Gasteiger partial charge in [-0.15, -0.1) is 0 Å². The molecule has 2 saturated heterocycles. The van der Waals surface area contributed by atoms with E-state index in [1.54, 1.807) is 18.9 Å². The van der Waals surface area contributed by atoms with Gasteiger partial charge in [0.25, 0.3) is 5.91 Å². The summed E-state index contributed by atoms with van der Waals surface area (Å²) in [6.07, 6.45) is 0.573. The van der Waals surface area contributed by atoms with Crippen LogP contribution in [0.5, 0.6) is 5.75 Å². The summed E-state index contributed by atoms with van der Waals surface area (Å²) in [6, 6.07) is 2.76. The van der Waals surface area contributed by atoms with Crippen molar-refractivity contribution in [1.82, 2.24) is 15.1 Å². The van der Waals surface area contributed by atoms with Crippen LogP contribution in [-0.2, 0) is 19.0 Å². The van der Waals surface area contributed by atoms with Gasteiger partial charge in [-0.25, -0.2) is 4.79 Å². The summed E-state index contributed by atoms with van der Waals surface area (Å²) in [4.78, 5) is 41.1. The molecular weight excluding hydrogens is 492 g/mol. The Morgan fingerprint density at radius 2 is 1.86 bits per heavy atom. The van der Waals surface area contributed by atoms with E-state index in [-0.39, 0.29) is 48.2 Å². The van der Waals surface area contributed by atoms with Crippen LogP contribution >= 0.6 is 11.6 Å². The molecule has 3 rings (SSSR count). The minimum Gasteiger partial charge on any atom is -0.496 e. The van der Waals surface area contributed by atoms with Gasteiger partial charge < -0.3 is 34.9 Å². The molecule has 1 aromatic rings. The van der Waals surface area contributed by atoms with Crippen molar-refractivity contribution in [2.75, 3.05) is 59.3 Å². The average molecular weight is 527 g/mol. The van der Waals surface area contributed by atoms with Crippen LogP contribution in [0.4, 0.5) is 10.5 Å². The Bertz CT molecular complexity index is 939. The highest BCUT2D eigenvalue weighted by Crippen LogP contribution is 2.29. The van der Waals surface area contributed by atoms with Crippen molar-refractivity contribution in [3.63, 3.8) is 0 Å². The molecular formula is C24H35ClN4O7. The Morgan fingerprint density at radius 1 is 1.14 bits per heavy atom. The Hall–Kier alpha value is -2.76. The minimum absolute atomic E-state index is 0.0168. The van der Waals surface area contributed by atoms with Crippen molar-refractivity contribution in [1.29, 1.82) is 0 Å². The first-order valence-electron chi connectivity index (χ1n) is 12.1. The monoisotopic (exact) mass is 526 g/mol. The molecule has 0 unspecified atom stereocenters.